The van der Waals surface area contributed by atoms with Crippen LogP contribution in [0.3, 0.4) is 0 Å². The van der Waals surface area contributed by atoms with Crippen LogP contribution in [0.2, 0.25) is 0 Å². The van der Waals surface area contributed by atoms with E-state index in [1.54, 1.807) is 13.2 Å². The summed E-state index contributed by atoms with van der Waals surface area (Å²) < 4.78 is 19.4. The van der Waals surface area contributed by atoms with E-state index < -0.39 is 17.0 Å². The van der Waals surface area contributed by atoms with Crippen LogP contribution in [0.15, 0.2) is 47.4 Å². The third kappa shape index (κ3) is 4.27. The van der Waals surface area contributed by atoms with Crippen molar-refractivity contribution in [1.82, 2.24) is 4.72 Å². The zero-order valence-electron chi connectivity index (χ0n) is 11.6. The van der Waals surface area contributed by atoms with E-state index in [2.05, 4.69) is 4.72 Å². The van der Waals surface area contributed by atoms with E-state index in [1.165, 1.54) is 0 Å². The molecule has 6 heteroatoms. The molecule has 21 heavy (non-hydrogen) atoms. The number of benzene rings is 1. The number of carboxylic acids is 1. The number of hydrogen-bond acceptors (Lipinski definition) is 3. The Morgan fingerprint density at radius 1 is 1.43 bits per heavy atom. The second-order valence-corrected chi connectivity index (χ2v) is 5.86. The Morgan fingerprint density at radius 2 is 2.14 bits per heavy atom. The molecule has 112 valence electrons. The van der Waals surface area contributed by atoms with Crippen LogP contribution in [-0.4, -0.2) is 28.9 Å². The molecular weight excluding hydrogens is 290 g/mol. The molecule has 1 aliphatic rings. The molecule has 0 saturated heterocycles. The van der Waals surface area contributed by atoms with Gasteiger partial charge in [0.15, 0.2) is 0 Å². The molecular formula is C15H17NO4S. The highest BCUT2D eigenvalue weighted by Gasteiger charge is 2.14. The van der Waals surface area contributed by atoms with Crippen molar-refractivity contribution >= 4 is 17.0 Å². The molecule has 0 aliphatic heterocycles. The Hall–Kier alpha value is -1.92. The molecule has 2 unspecified atom stereocenters. The molecule has 0 fully saturated rings. The fourth-order valence-corrected chi connectivity index (χ4v) is 2.92. The second kappa shape index (κ2) is 7.19. The summed E-state index contributed by atoms with van der Waals surface area (Å²) in [4.78, 5) is 11.0. The number of nitrogens with one attached hydrogen (secondary N) is 1. The summed E-state index contributed by atoms with van der Waals surface area (Å²) in [6, 6.07) is 7.84. The van der Waals surface area contributed by atoms with Crippen molar-refractivity contribution in [3.05, 3.63) is 53.0 Å². The second-order valence-electron chi connectivity index (χ2n) is 4.56. The fourth-order valence-electron chi connectivity index (χ4n) is 2.05. The van der Waals surface area contributed by atoms with Crippen molar-refractivity contribution in [2.24, 2.45) is 0 Å². The minimum atomic E-state index is -1.48. The van der Waals surface area contributed by atoms with Gasteiger partial charge in [-0.15, -0.1) is 0 Å². The molecule has 0 aromatic heterocycles. The SMILES string of the molecule is COc1ccc(C2C=CC(S(=O)NCC(=O)O)=CC2)cc1. The van der Waals surface area contributed by atoms with E-state index in [4.69, 9.17) is 9.84 Å². The van der Waals surface area contributed by atoms with E-state index in [9.17, 15) is 9.00 Å². The maximum atomic E-state index is 11.8. The Morgan fingerprint density at radius 3 is 2.67 bits per heavy atom. The van der Waals surface area contributed by atoms with Crippen LogP contribution in [-0.2, 0) is 15.8 Å². The summed E-state index contributed by atoms with van der Waals surface area (Å²) >= 11 is 0. The van der Waals surface area contributed by atoms with Gasteiger partial charge < -0.3 is 9.84 Å². The van der Waals surface area contributed by atoms with Gasteiger partial charge in [0.05, 0.1) is 7.11 Å². The van der Waals surface area contributed by atoms with Crippen LogP contribution < -0.4 is 9.46 Å². The molecule has 2 atom stereocenters. The lowest BCUT2D eigenvalue weighted by Gasteiger charge is -2.16. The minimum absolute atomic E-state index is 0.233. The molecule has 1 aromatic carbocycles. The smallest absolute Gasteiger partial charge is 0.318 e. The lowest BCUT2D eigenvalue weighted by Crippen LogP contribution is -2.25. The van der Waals surface area contributed by atoms with Gasteiger partial charge in [-0.25, -0.2) is 8.93 Å². The maximum Gasteiger partial charge on any atom is 0.318 e. The highest BCUT2D eigenvalue weighted by molar-refractivity contribution is 7.87. The number of ether oxygens (including phenoxy) is 1. The molecule has 0 radical (unpaired) electrons. The van der Waals surface area contributed by atoms with Crippen LogP contribution >= 0.6 is 0 Å². The van der Waals surface area contributed by atoms with E-state index >= 15 is 0 Å². The maximum absolute atomic E-state index is 11.8. The van der Waals surface area contributed by atoms with Gasteiger partial charge in [0, 0.05) is 10.8 Å². The number of hydrogen-bond donors (Lipinski definition) is 2. The average Bonchev–Trinajstić information content (AvgIpc) is 2.53. The number of allylic oxidation sites excluding steroid dienone is 3. The molecule has 1 aromatic rings. The summed E-state index contributed by atoms with van der Waals surface area (Å²) in [7, 11) is 0.149. The lowest BCUT2D eigenvalue weighted by atomic mass is 9.92. The van der Waals surface area contributed by atoms with Gasteiger partial charge in [-0.3, -0.25) is 4.79 Å². The van der Waals surface area contributed by atoms with Crippen LogP contribution in [0.5, 0.6) is 5.75 Å². The van der Waals surface area contributed by atoms with Crippen molar-refractivity contribution < 1.29 is 18.8 Å². The molecule has 0 bridgehead atoms. The Balaban J connectivity index is 1.96. The predicted molar refractivity (Wildman–Crippen MR) is 81.4 cm³/mol. The summed E-state index contributed by atoms with van der Waals surface area (Å²) in [6.07, 6.45) is 6.37. The van der Waals surface area contributed by atoms with Crippen molar-refractivity contribution in [1.29, 1.82) is 0 Å². The summed E-state index contributed by atoms with van der Waals surface area (Å²) in [6.45, 7) is -0.320. The fraction of sp³-hybridized carbons (Fsp3) is 0.267. The van der Waals surface area contributed by atoms with Gasteiger partial charge >= 0.3 is 5.97 Å². The van der Waals surface area contributed by atoms with Gasteiger partial charge in [-0.2, -0.15) is 0 Å². The highest BCUT2D eigenvalue weighted by atomic mass is 32.2. The van der Waals surface area contributed by atoms with Crippen LogP contribution in [0.1, 0.15) is 17.9 Å². The van der Waals surface area contributed by atoms with Crippen molar-refractivity contribution in [2.75, 3.05) is 13.7 Å². The first-order chi connectivity index (χ1) is 10.1. The van der Waals surface area contributed by atoms with Crippen LogP contribution in [0.25, 0.3) is 0 Å². The lowest BCUT2D eigenvalue weighted by molar-refractivity contribution is -0.135. The average molecular weight is 307 g/mol. The van der Waals surface area contributed by atoms with E-state index in [0.29, 0.717) is 4.91 Å². The van der Waals surface area contributed by atoms with E-state index in [0.717, 1.165) is 17.7 Å². The first-order valence-electron chi connectivity index (χ1n) is 6.49. The van der Waals surface area contributed by atoms with E-state index in [1.807, 2.05) is 36.4 Å². The molecule has 0 heterocycles. The summed E-state index contributed by atoms with van der Waals surface area (Å²) in [5, 5.41) is 8.55. The zero-order valence-corrected chi connectivity index (χ0v) is 12.4. The number of carbonyl (C=O) groups is 1. The van der Waals surface area contributed by atoms with Gasteiger partial charge in [-0.1, -0.05) is 24.3 Å². The third-order valence-electron chi connectivity index (χ3n) is 3.18. The van der Waals surface area contributed by atoms with Crippen LogP contribution in [0.4, 0.5) is 0 Å². The topological polar surface area (TPSA) is 75.6 Å². The Kier molecular flexibility index (Phi) is 5.30. The first-order valence-corrected chi connectivity index (χ1v) is 7.64. The molecule has 2 rings (SSSR count). The monoisotopic (exact) mass is 307 g/mol. The number of rotatable bonds is 6. The van der Waals surface area contributed by atoms with Gasteiger partial charge in [0.1, 0.15) is 23.3 Å². The largest absolute Gasteiger partial charge is 0.497 e. The normalized spacial score (nSPS) is 18.9. The standard InChI is InChI=1S/C15H17NO4S/c1-20-13-6-2-11(3-7-13)12-4-8-14(9-5-12)21(19)16-10-15(17)18/h2-4,6-9,12,16H,5,10H2,1H3,(H,17,18). The van der Waals surface area contributed by atoms with Gasteiger partial charge in [0.25, 0.3) is 0 Å². The van der Waals surface area contributed by atoms with Gasteiger partial charge in [-0.05, 0) is 30.2 Å². The third-order valence-corrected chi connectivity index (χ3v) is 4.32. The summed E-state index contributed by atoms with van der Waals surface area (Å²) in [5.74, 6) is 0.0183. The van der Waals surface area contributed by atoms with E-state index in [-0.39, 0.29) is 12.5 Å². The Labute approximate surface area is 125 Å². The van der Waals surface area contributed by atoms with Crippen molar-refractivity contribution in [3.63, 3.8) is 0 Å². The highest BCUT2D eigenvalue weighted by Crippen LogP contribution is 2.28. The molecule has 0 spiro atoms. The number of aliphatic carboxylic acids is 1. The Bertz CT molecular complexity index is 592. The van der Waals surface area contributed by atoms with Crippen molar-refractivity contribution in [3.8, 4) is 5.75 Å². The molecule has 2 N–H and O–H groups in total. The zero-order chi connectivity index (χ0) is 15.2. The quantitative estimate of drug-likeness (QED) is 0.842. The molecule has 0 amide bonds. The van der Waals surface area contributed by atoms with Crippen LogP contribution in [0, 0.1) is 0 Å². The minimum Gasteiger partial charge on any atom is -0.497 e. The number of methoxy groups -OCH3 is 1. The molecule has 1 aliphatic carbocycles. The van der Waals surface area contributed by atoms with Gasteiger partial charge in [0.2, 0.25) is 0 Å². The molecule has 0 saturated carbocycles. The predicted octanol–water partition coefficient (Wildman–Crippen LogP) is 1.96. The van der Waals surface area contributed by atoms with Crippen molar-refractivity contribution in [2.45, 2.75) is 12.3 Å². The number of carboxylic acid groups (broad SMARTS) is 1. The summed E-state index contributed by atoms with van der Waals surface area (Å²) in [5.41, 5.74) is 1.16. The first kappa shape index (κ1) is 15.5. The molecule has 5 nitrogen and oxygen atoms in total.